The Bertz CT molecular complexity index is 2610. The van der Waals surface area contributed by atoms with Crippen LogP contribution in [0.25, 0.3) is 83.0 Å². The lowest BCUT2D eigenvalue weighted by Gasteiger charge is -2.22. The molecule has 0 unspecified atom stereocenters. The van der Waals surface area contributed by atoms with Gasteiger partial charge in [0.05, 0.1) is 23.5 Å². The average Bonchev–Trinajstić information content (AvgIpc) is 3.43. The fourth-order valence-corrected chi connectivity index (χ4v) is 7.54. The Labute approximate surface area is 297 Å². The molecule has 0 spiro atoms. The van der Waals surface area contributed by atoms with E-state index in [1.165, 1.54) is 11.1 Å². The van der Waals surface area contributed by atoms with Crippen LogP contribution in [0.15, 0.2) is 158 Å². The van der Waals surface area contributed by atoms with Gasteiger partial charge in [0.2, 0.25) is 0 Å². The van der Waals surface area contributed by atoms with Crippen molar-refractivity contribution in [3.63, 3.8) is 0 Å². The van der Waals surface area contributed by atoms with Crippen molar-refractivity contribution in [2.75, 3.05) is 0 Å². The molecule has 4 nitrogen and oxygen atoms in total. The molecule has 0 saturated heterocycles. The first-order valence-electron chi connectivity index (χ1n) is 17.1. The second-order valence-corrected chi connectivity index (χ2v) is 13.6. The fourth-order valence-electron chi connectivity index (χ4n) is 7.54. The summed E-state index contributed by atoms with van der Waals surface area (Å²) in [5.41, 5.74) is 15.0. The lowest BCUT2D eigenvalue weighted by Crippen LogP contribution is -2.14. The van der Waals surface area contributed by atoms with Gasteiger partial charge >= 0.3 is 0 Å². The molecule has 4 heteroatoms. The van der Waals surface area contributed by atoms with Gasteiger partial charge in [0.15, 0.2) is 11.5 Å². The average molecular weight is 653 g/mol. The van der Waals surface area contributed by atoms with Crippen LogP contribution in [0.3, 0.4) is 0 Å². The van der Waals surface area contributed by atoms with Crippen LogP contribution in [0.5, 0.6) is 0 Å². The Morgan fingerprint density at radius 1 is 0.510 bits per heavy atom. The summed E-state index contributed by atoms with van der Waals surface area (Å²) in [5, 5.41) is 1.09. The SMILES string of the molecule is [C-]#[N+]c1cccc2c1-c1ccc(-c3cc(-c4cc(-c5ccccc5)nc(-c5ccccc5)n4)cc(-c4cccc5cccnc45)c3)cc1C2(C)C. The maximum Gasteiger partial charge on any atom is 0.195 e. The second-order valence-electron chi connectivity index (χ2n) is 13.6. The number of aromatic nitrogens is 3. The first-order chi connectivity index (χ1) is 25.0. The Morgan fingerprint density at radius 3 is 1.98 bits per heavy atom. The van der Waals surface area contributed by atoms with E-state index in [4.69, 9.17) is 21.5 Å². The van der Waals surface area contributed by atoms with E-state index in [1.54, 1.807) is 0 Å². The van der Waals surface area contributed by atoms with Crippen molar-refractivity contribution in [2.45, 2.75) is 19.3 Å². The Hall–Kier alpha value is -6.70. The summed E-state index contributed by atoms with van der Waals surface area (Å²) in [7, 11) is 0. The van der Waals surface area contributed by atoms with Crippen LogP contribution >= 0.6 is 0 Å². The second kappa shape index (κ2) is 12.0. The maximum atomic E-state index is 7.88. The largest absolute Gasteiger partial charge is 0.256 e. The number of hydrogen-bond acceptors (Lipinski definition) is 3. The summed E-state index contributed by atoms with van der Waals surface area (Å²) in [6.45, 7) is 12.4. The smallest absolute Gasteiger partial charge is 0.195 e. The normalized spacial score (nSPS) is 12.6. The molecule has 0 fully saturated rings. The number of pyridine rings is 1. The molecule has 0 amide bonds. The van der Waals surface area contributed by atoms with Crippen molar-refractivity contribution in [1.29, 1.82) is 0 Å². The standard InChI is InChI=1S/C47H32N4/c1-47(2)39-20-11-21-41(48-3)44(39)38-23-22-33(28-40(38)47)34-25-35(37-19-10-17-31-18-12-24-49-45(31)37)27-36(26-34)43-29-42(30-13-6-4-7-14-30)50-46(51-43)32-15-8-5-9-16-32/h4-29H,1-2H3. The lowest BCUT2D eigenvalue weighted by molar-refractivity contribution is 0.661. The van der Waals surface area contributed by atoms with Crippen molar-refractivity contribution in [3.05, 3.63) is 180 Å². The first kappa shape index (κ1) is 30.4. The highest BCUT2D eigenvalue weighted by atomic mass is 14.9. The number of hydrogen-bond donors (Lipinski definition) is 0. The molecule has 6 aromatic carbocycles. The van der Waals surface area contributed by atoms with Gasteiger partial charge in [0, 0.05) is 39.3 Å². The minimum atomic E-state index is -0.247. The van der Waals surface area contributed by atoms with E-state index in [1.807, 2.05) is 60.8 Å². The summed E-state index contributed by atoms with van der Waals surface area (Å²) >= 11 is 0. The van der Waals surface area contributed by atoms with Crippen molar-refractivity contribution in [1.82, 2.24) is 15.0 Å². The van der Waals surface area contributed by atoms with Crippen molar-refractivity contribution in [3.8, 4) is 67.3 Å². The zero-order valence-corrected chi connectivity index (χ0v) is 28.3. The molecule has 0 aliphatic heterocycles. The molecule has 240 valence electrons. The number of rotatable bonds is 5. The van der Waals surface area contributed by atoms with E-state index in [0.717, 1.165) is 72.4 Å². The van der Waals surface area contributed by atoms with Gasteiger partial charge in [-0.25, -0.2) is 14.8 Å². The van der Waals surface area contributed by atoms with Gasteiger partial charge in [-0.2, -0.15) is 0 Å². The Balaban J connectivity index is 1.28. The molecule has 1 aliphatic rings. The molecule has 0 atom stereocenters. The summed E-state index contributed by atoms with van der Waals surface area (Å²) < 4.78 is 0. The summed E-state index contributed by atoms with van der Waals surface area (Å²) in [6.07, 6.45) is 1.86. The third-order valence-electron chi connectivity index (χ3n) is 10.1. The van der Waals surface area contributed by atoms with E-state index in [2.05, 4.69) is 116 Å². The highest BCUT2D eigenvalue weighted by Crippen LogP contribution is 2.53. The van der Waals surface area contributed by atoms with Gasteiger partial charge in [0.25, 0.3) is 0 Å². The number of benzene rings is 6. The predicted octanol–water partition coefficient (Wildman–Crippen LogP) is 12.2. The van der Waals surface area contributed by atoms with Crippen LogP contribution in [0.1, 0.15) is 25.0 Å². The van der Waals surface area contributed by atoms with E-state index in [9.17, 15) is 0 Å². The molecule has 1 aliphatic carbocycles. The predicted molar refractivity (Wildman–Crippen MR) is 208 cm³/mol. The topological polar surface area (TPSA) is 43.0 Å². The molecular formula is C47H32N4. The van der Waals surface area contributed by atoms with Gasteiger partial charge in [-0.15, -0.1) is 0 Å². The van der Waals surface area contributed by atoms with Gasteiger partial charge < -0.3 is 0 Å². The zero-order chi connectivity index (χ0) is 34.5. The molecule has 0 N–H and O–H groups in total. The highest BCUT2D eigenvalue weighted by molar-refractivity contribution is 5.96. The van der Waals surface area contributed by atoms with Crippen LogP contribution < -0.4 is 0 Å². The molecule has 51 heavy (non-hydrogen) atoms. The summed E-state index contributed by atoms with van der Waals surface area (Å²) in [4.78, 5) is 19.0. The lowest BCUT2D eigenvalue weighted by atomic mass is 9.81. The quantitative estimate of drug-likeness (QED) is 0.174. The van der Waals surface area contributed by atoms with Gasteiger partial charge in [-0.05, 0) is 75.3 Å². The van der Waals surface area contributed by atoms with Crippen LogP contribution in [0, 0.1) is 6.57 Å². The van der Waals surface area contributed by atoms with Crippen molar-refractivity contribution in [2.24, 2.45) is 0 Å². The molecule has 0 bridgehead atoms. The van der Waals surface area contributed by atoms with E-state index in [0.29, 0.717) is 11.5 Å². The maximum absolute atomic E-state index is 7.88. The van der Waals surface area contributed by atoms with Crippen LogP contribution in [0.4, 0.5) is 5.69 Å². The Kier molecular flexibility index (Phi) is 7.15. The van der Waals surface area contributed by atoms with E-state index < -0.39 is 0 Å². The summed E-state index contributed by atoms with van der Waals surface area (Å²) in [6, 6.07) is 52.6. The minimum Gasteiger partial charge on any atom is -0.256 e. The van der Waals surface area contributed by atoms with Crippen LogP contribution in [-0.4, -0.2) is 15.0 Å². The fraction of sp³-hybridized carbons (Fsp3) is 0.0638. The molecule has 2 heterocycles. The zero-order valence-electron chi connectivity index (χ0n) is 28.3. The van der Waals surface area contributed by atoms with Crippen LogP contribution in [-0.2, 0) is 5.41 Å². The van der Waals surface area contributed by atoms with Gasteiger partial charge in [-0.3, -0.25) is 4.98 Å². The van der Waals surface area contributed by atoms with Crippen LogP contribution in [0.2, 0.25) is 0 Å². The Morgan fingerprint density at radius 2 is 1.20 bits per heavy atom. The molecule has 8 aromatic rings. The highest BCUT2D eigenvalue weighted by Gasteiger charge is 2.36. The number of para-hydroxylation sites is 1. The van der Waals surface area contributed by atoms with Gasteiger partial charge in [0.1, 0.15) is 0 Å². The monoisotopic (exact) mass is 652 g/mol. The molecule has 9 rings (SSSR count). The van der Waals surface area contributed by atoms with E-state index >= 15 is 0 Å². The van der Waals surface area contributed by atoms with E-state index in [-0.39, 0.29) is 5.41 Å². The first-order valence-corrected chi connectivity index (χ1v) is 17.1. The number of fused-ring (bicyclic) bond motifs is 4. The summed E-state index contributed by atoms with van der Waals surface area (Å²) in [5.74, 6) is 0.679. The molecular weight excluding hydrogens is 621 g/mol. The molecule has 0 saturated carbocycles. The minimum absolute atomic E-state index is 0.247. The molecule has 2 aromatic heterocycles. The third-order valence-corrected chi connectivity index (χ3v) is 10.1. The third kappa shape index (κ3) is 5.19. The van der Waals surface area contributed by atoms with Crippen molar-refractivity contribution >= 4 is 16.6 Å². The number of nitrogens with zero attached hydrogens (tertiary/aromatic N) is 4. The van der Waals surface area contributed by atoms with Crippen molar-refractivity contribution < 1.29 is 0 Å². The molecule has 0 radical (unpaired) electrons. The van der Waals surface area contributed by atoms with Gasteiger partial charge in [-0.1, -0.05) is 129 Å².